The molecule has 10 rings (SSSR count). The van der Waals surface area contributed by atoms with Crippen LogP contribution in [0.3, 0.4) is 0 Å². The Morgan fingerprint density at radius 2 is 1.44 bits per heavy atom. The number of nitrogens with zero attached hydrogens (tertiary/aromatic N) is 2. The minimum atomic E-state index is -2.65. The zero-order chi connectivity index (χ0) is 50.2. The molecule has 0 N–H and O–H groups in total. The molecule has 0 aliphatic heterocycles. The van der Waals surface area contributed by atoms with Crippen molar-refractivity contribution in [3.63, 3.8) is 0 Å². The van der Waals surface area contributed by atoms with E-state index in [-0.39, 0.29) is 70.0 Å². The first-order valence-corrected chi connectivity index (χ1v) is 20.6. The molecule has 6 aromatic carbocycles. The number of rotatable bonds is 4. The fourth-order valence-corrected chi connectivity index (χ4v) is 8.44. The van der Waals surface area contributed by atoms with Gasteiger partial charge in [-0.05, 0) is 117 Å². The molecule has 0 bridgehead atoms. The van der Waals surface area contributed by atoms with E-state index in [4.69, 9.17) is 16.8 Å². The minimum absolute atomic E-state index is 0. The smallest absolute Gasteiger partial charge is 0.129 e. The summed E-state index contributed by atoms with van der Waals surface area (Å²) in [4.78, 5) is 9.06. The molecule has 0 saturated heterocycles. The normalized spacial score (nSPS) is 17.8. The van der Waals surface area contributed by atoms with Crippen molar-refractivity contribution in [2.75, 3.05) is 0 Å². The molecule has 0 amide bonds. The van der Waals surface area contributed by atoms with E-state index < -0.39 is 26.4 Å². The summed E-state index contributed by atoms with van der Waals surface area (Å²) in [7, 11) is 0. The van der Waals surface area contributed by atoms with Crippen LogP contribution < -0.4 is 0 Å². The summed E-state index contributed by atoms with van der Waals surface area (Å²) in [6.45, 7) is 3.14. The number of hydrogen-bond donors (Lipinski definition) is 0. The molecule has 61 heavy (non-hydrogen) atoms. The van der Waals surface area contributed by atoms with Crippen LogP contribution in [0.5, 0.6) is 0 Å². The van der Waals surface area contributed by atoms with Crippen molar-refractivity contribution < 1.29 is 38.2 Å². The third-order valence-corrected chi connectivity index (χ3v) is 12.1. The molecule has 1 saturated carbocycles. The second kappa shape index (κ2) is 16.8. The van der Waals surface area contributed by atoms with Crippen molar-refractivity contribution in [3.05, 3.63) is 168 Å². The van der Waals surface area contributed by atoms with Crippen molar-refractivity contribution in [2.45, 2.75) is 92.2 Å². The predicted octanol–water partition coefficient (Wildman–Crippen LogP) is 15.9. The zero-order valence-electron chi connectivity index (χ0n) is 45.1. The minimum Gasteiger partial charge on any atom is -0.500 e. The molecule has 1 aliphatic rings. The average Bonchev–Trinajstić information content (AvgIpc) is 3.71. The SMILES string of the molecule is CC(C)(C)c1ccc(-c2[c-]cccc2)nc1.[2H]C([2H])([2H])c1cnc(-c2[c-]cc(C([2H])([2H])[2H])c3c2oc2c3ccc3ccc4ccccc4c32)cc1-c1ccc(C2([2H])CCC(C)(C)CC2)cc1C([2H])([2H])[2H].[Ir]. The number of pyridine rings is 2. The van der Waals surface area contributed by atoms with Gasteiger partial charge in [-0.15, -0.1) is 53.6 Å². The largest absolute Gasteiger partial charge is 0.500 e. The van der Waals surface area contributed by atoms with E-state index in [2.05, 4.69) is 68.9 Å². The first-order chi connectivity index (χ1) is 32.8. The Morgan fingerprint density at radius 1 is 0.689 bits per heavy atom. The molecule has 1 fully saturated rings. The quantitative estimate of drug-likeness (QED) is 0.130. The van der Waals surface area contributed by atoms with Gasteiger partial charge < -0.3 is 14.4 Å². The molecule has 9 aromatic rings. The molecular formula is C57H54IrN2O-2. The van der Waals surface area contributed by atoms with Crippen LogP contribution in [0.4, 0.5) is 0 Å². The Labute approximate surface area is 389 Å². The van der Waals surface area contributed by atoms with Gasteiger partial charge in [-0.25, -0.2) is 0 Å². The van der Waals surface area contributed by atoms with Crippen molar-refractivity contribution in [2.24, 2.45) is 5.41 Å². The van der Waals surface area contributed by atoms with Gasteiger partial charge in [0.1, 0.15) is 5.58 Å². The summed E-state index contributed by atoms with van der Waals surface area (Å²) in [6, 6.07) is 42.0. The van der Waals surface area contributed by atoms with Crippen LogP contribution in [0.1, 0.15) is 108 Å². The van der Waals surface area contributed by atoms with Crippen molar-refractivity contribution in [1.29, 1.82) is 0 Å². The Morgan fingerprint density at radius 3 is 2.18 bits per heavy atom. The van der Waals surface area contributed by atoms with Crippen molar-refractivity contribution in [3.8, 4) is 33.6 Å². The maximum atomic E-state index is 9.34. The van der Waals surface area contributed by atoms with Gasteiger partial charge in [0, 0.05) is 57.0 Å². The second-order valence-electron chi connectivity index (χ2n) is 17.8. The van der Waals surface area contributed by atoms with Gasteiger partial charge in [-0.2, -0.15) is 0 Å². The number of aryl methyl sites for hydroxylation is 3. The summed E-state index contributed by atoms with van der Waals surface area (Å²) in [5, 5.41) is 4.65. The third kappa shape index (κ3) is 8.33. The van der Waals surface area contributed by atoms with E-state index in [0.717, 1.165) is 45.6 Å². The maximum absolute atomic E-state index is 9.34. The first kappa shape index (κ1) is 31.4. The molecule has 0 atom stereocenters. The number of benzene rings is 6. The van der Waals surface area contributed by atoms with Crippen LogP contribution >= 0.6 is 0 Å². The van der Waals surface area contributed by atoms with Gasteiger partial charge in [0.2, 0.25) is 0 Å². The van der Waals surface area contributed by atoms with E-state index in [1.54, 1.807) is 18.2 Å². The summed E-state index contributed by atoms with van der Waals surface area (Å²) in [5.74, 6) is -0.966. The Balaban J connectivity index is 0.000000338. The van der Waals surface area contributed by atoms with E-state index in [1.165, 1.54) is 23.9 Å². The summed E-state index contributed by atoms with van der Waals surface area (Å²) in [6.07, 6.45) is 6.01. The molecule has 3 heterocycles. The molecule has 1 radical (unpaired) electrons. The average molecular weight is 985 g/mol. The monoisotopic (exact) mass is 985 g/mol. The molecule has 3 nitrogen and oxygen atoms in total. The van der Waals surface area contributed by atoms with E-state index in [9.17, 15) is 1.37 Å². The molecule has 4 heteroatoms. The molecule has 3 aromatic heterocycles. The maximum Gasteiger partial charge on any atom is 0.129 e. The molecule has 0 unspecified atom stereocenters. The van der Waals surface area contributed by atoms with Gasteiger partial charge in [-0.1, -0.05) is 137 Å². The number of aromatic nitrogens is 2. The standard InChI is InChI=1S/C42H38NO.C15H16N.Ir/c1-25-10-15-34(40-38(25)35-17-13-30-12-11-29-8-6-7-9-33(29)39(30)41(35)44-40)37-23-36(27(3)24-43-37)32-16-14-31(22-26(32)2)28-18-20-42(4,5)21-19-28;1-15(2,3)13-9-10-14(16-11-13)12-7-5-4-6-8-12;/h6-14,16-17,22-24,28H,18-21H2,1-5H3;4-7,9-11H,1-3H3;/q2*-1;/i1D3,2D3,3D3,28D;;. The van der Waals surface area contributed by atoms with Crippen LogP contribution in [-0.2, 0) is 25.5 Å². The molecular weight excluding hydrogens is 921 g/mol. The van der Waals surface area contributed by atoms with Crippen LogP contribution in [0.15, 0.2) is 132 Å². The summed E-state index contributed by atoms with van der Waals surface area (Å²) in [5.41, 5.74) is 5.62. The number of hydrogen-bond acceptors (Lipinski definition) is 3. The predicted molar refractivity (Wildman–Crippen MR) is 253 cm³/mol. The van der Waals surface area contributed by atoms with E-state index >= 15 is 0 Å². The zero-order valence-corrected chi connectivity index (χ0v) is 37.5. The summed E-state index contributed by atoms with van der Waals surface area (Å²) >= 11 is 0. The van der Waals surface area contributed by atoms with Gasteiger partial charge >= 0.3 is 0 Å². The fourth-order valence-electron chi connectivity index (χ4n) is 8.44. The van der Waals surface area contributed by atoms with Crippen LogP contribution in [0.25, 0.3) is 77.1 Å². The van der Waals surface area contributed by atoms with Gasteiger partial charge in [0.25, 0.3) is 0 Å². The van der Waals surface area contributed by atoms with E-state index in [1.807, 2.05) is 79.0 Å². The van der Waals surface area contributed by atoms with Crippen LogP contribution in [0.2, 0.25) is 0 Å². The van der Waals surface area contributed by atoms with Gasteiger partial charge in [0.15, 0.2) is 0 Å². The Bertz CT molecular complexity index is 3410. The van der Waals surface area contributed by atoms with Crippen molar-refractivity contribution in [1.82, 2.24) is 9.97 Å². The van der Waals surface area contributed by atoms with Gasteiger partial charge in [0.05, 0.1) is 5.58 Å². The van der Waals surface area contributed by atoms with Crippen molar-refractivity contribution >= 4 is 43.5 Å². The van der Waals surface area contributed by atoms with Crippen LogP contribution in [-0.4, -0.2) is 9.97 Å². The molecule has 1 aliphatic carbocycles. The number of fused-ring (bicyclic) bond motifs is 7. The van der Waals surface area contributed by atoms with E-state index in [0.29, 0.717) is 40.3 Å². The topological polar surface area (TPSA) is 38.9 Å². The van der Waals surface area contributed by atoms with Gasteiger partial charge in [-0.3, -0.25) is 0 Å². The second-order valence-corrected chi connectivity index (χ2v) is 17.8. The Kier molecular flexibility index (Phi) is 8.66. The third-order valence-electron chi connectivity index (χ3n) is 12.1. The Hall–Kier alpha value is -5.41. The molecule has 0 spiro atoms. The fraction of sp³-hybridized carbons (Fsp3) is 0.263. The number of furan rings is 1. The summed E-state index contributed by atoms with van der Waals surface area (Å²) < 4.78 is 92.2. The van der Waals surface area contributed by atoms with Crippen LogP contribution in [0, 0.1) is 38.1 Å². The molecule has 309 valence electrons. The first-order valence-electron chi connectivity index (χ1n) is 25.6.